The number of hydrogen-bond donors (Lipinski definition) is 1. The van der Waals surface area contributed by atoms with E-state index in [-0.39, 0.29) is 17.9 Å². The van der Waals surface area contributed by atoms with Gasteiger partial charge in [0.1, 0.15) is 0 Å². The lowest BCUT2D eigenvalue weighted by atomic mass is 9.53. The molecule has 150 valence electrons. The molecule has 1 N–H and O–H groups in total. The first kappa shape index (κ1) is 19.2. The van der Waals surface area contributed by atoms with Crippen LogP contribution in [0.3, 0.4) is 0 Å². The number of aromatic nitrogens is 2. The van der Waals surface area contributed by atoms with Crippen molar-refractivity contribution in [2.24, 2.45) is 17.8 Å². The maximum atomic E-state index is 13.1. The van der Waals surface area contributed by atoms with Crippen LogP contribution in [0.5, 0.6) is 0 Å². The van der Waals surface area contributed by atoms with Gasteiger partial charge in [-0.05, 0) is 56.6 Å². The topological polar surface area (TPSA) is 46.9 Å². The summed E-state index contributed by atoms with van der Waals surface area (Å²) in [6.07, 6.45) is 5.19. The fourth-order valence-electron chi connectivity index (χ4n) is 5.41. The standard InChI is InChI=1S/C24H33N3O/c1-15(14-27-18(4)16(2)17(3)26-27)24(28)25-23-21-13-9-8-12-20(21)22(23)19-10-6-5-7-11-19/h5-7,10-11,15,20-23H,8-9,12-14H2,1-4H3,(H,25,28)/t15-,20-,21-,22-,23-/m0/s1. The Morgan fingerprint density at radius 2 is 1.82 bits per heavy atom. The maximum absolute atomic E-state index is 13.1. The highest BCUT2D eigenvalue weighted by atomic mass is 16.2. The summed E-state index contributed by atoms with van der Waals surface area (Å²) in [5.41, 5.74) is 4.83. The van der Waals surface area contributed by atoms with Gasteiger partial charge in [0.25, 0.3) is 0 Å². The summed E-state index contributed by atoms with van der Waals surface area (Å²) in [5, 5.41) is 8.06. The average molecular weight is 380 g/mol. The zero-order chi connectivity index (χ0) is 19.8. The molecular weight excluding hydrogens is 346 g/mol. The van der Waals surface area contributed by atoms with Gasteiger partial charge in [-0.3, -0.25) is 9.48 Å². The summed E-state index contributed by atoms with van der Waals surface area (Å²) in [6, 6.07) is 11.1. The minimum Gasteiger partial charge on any atom is -0.352 e. The molecule has 0 bridgehead atoms. The number of aryl methyl sites for hydroxylation is 1. The van der Waals surface area contributed by atoms with Gasteiger partial charge in [0.2, 0.25) is 5.91 Å². The Hall–Kier alpha value is -2.10. The van der Waals surface area contributed by atoms with Gasteiger partial charge in [0, 0.05) is 17.7 Å². The van der Waals surface area contributed by atoms with E-state index in [2.05, 4.69) is 54.6 Å². The molecule has 0 radical (unpaired) electrons. The molecule has 2 fully saturated rings. The van der Waals surface area contributed by atoms with Gasteiger partial charge in [0.05, 0.1) is 18.2 Å². The fourth-order valence-corrected chi connectivity index (χ4v) is 5.41. The van der Waals surface area contributed by atoms with E-state index in [9.17, 15) is 4.79 Å². The van der Waals surface area contributed by atoms with Crippen molar-refractivity contribution in [1.82, 2.24) is 15.1 Å². The summed E-state index contributed by atoms with van der Waals surface area (Å²) < 4.78 is 1.99. The van der Waals surface area contributed by atoms with Gasteiger partial charge in [-0.1, -0.05) is 50.1 Å². The second kappa shape index (κ2) is 7.73. The Balaban J connectivity index is 1.46. The smallest absolute Gasteiger partial charge is 0.224 e. The van der Waals surface area contributed by atoms with E-state index < -0.39 is 0 Å². The van der Waals surface area contributed by atoms with Gasteiger partial charge in [-0.2, -0.15) is 5.10 Å². The van der Waals surface area contributed by atoms with Crippen LogP contribution in [0, 0.1) is 38.5 Å². The third-order valence-electron chi connectivity index (χ3n) is 7.32. The lowest BCUT2D eigenvalue weighted by Gasteiger charge is -2.55. The minimum absolute atomic E-state index is 0.0866. The molecule has 0 aliphatic heterocycles. The molecule has 4 nitrogen and oxygen atoms in total. The van der Waals surface area contributed by atoms with Crippen LogP contribution in [-0.4, -0.2) is 21.7 Å². The van der Waals surface area contributed by atoms with E-state index in [1.54, 1.807) is 0 Å². The van der Waals surface area contributed by atoms with Crippen LogP contribution in [0.25, 0.3) is 0 Å². The molecule has 1 aromatic heterocycles. The number of nitrogens with zero attached hydrogens (tertiary/aromatic N) is 2. The van der Waals surface area contributed by atoms with Crippen LogP contribution in [0.2, 0.25) is 0 Å². The third-order valence-corrected chi connectivity index (χ3v) is 7.32. The molecule has 2 aliphatic carbocycles. The Bertz CT molecular complexity index is 841. The molecule has 2 aliphatic rings. The molecule has 0 spiro atoms. The molecule has 4 rings (SSSR count). The number of amides is 1. The number of carbonyl (C=O) groups is 1. The van der Waals surface area contributed by atoms with Gasteiger partial charge in [0.15, 0.2) is 0 Å². The van der Waals surface area contributed by atoms with Crippen LogP contribution in [0.1, 0.15) is 61.0 Å². The van der Waals surface area contributed by atoms with Crippen LogP contribution in [-0.2, 0) is 11.3 Å². The van der Waals surface area contributed by atoms with E-state index in [4.69, 9.17) is 0 Å². The average Bonchev–Trinajstić information content (AvgIpc) is 2.93. The maximum Gasteiger partial charge on any atom is 0.224 e. The monoisotopic (exact) mass is 379 g/mol. The van der Waals surface area contributed by atoms with E-state index in [0.717, 1.165) is 17.3 Å². The van der Waals surface area contributed by atoms with Crippen LogP contribution in [0.15, 0.2) is 30.3 Å². The highest BCUT2D eigenvalue weighted by molar-refractivity contribution is 5.79. The first-order valence-corrected chi connectivity index (χ1v) is 10.8. The molecule has 1 heterocycles. The molecule has 1 aromatic carbocycles. The van der Waals surface area contributed by atoms with Gasteiger partial charge < -0.3 is 5.32 Å². The van der Waals surface area contributed by atoms with E-state index in [1.165, 1.54) is 36.8 Å². The summed E-state index contributed by atoms with van der Waals surface area (Å²) in [5.74, 6) is 1.93. The number of fused-ring (bicyclic) bond motifs is 1. The van der Waals surface area contributed by atoms with Crippen molar-refractivity contribution in [3.63, 3.8) is 0 Å². The normalized spacial score (nSPS) is 27.6. The molecule has 1 amide bonds. The second-order valence-electron chi connectivity index (χ2n) is 8.96. The van der Waals surface area contributed by atoms with E-state index in [1.807, 2.05) is 18.5 Å². The summed E-state index contributed by atoms with van der Waals surface area (Å²) in [7, 11) is 0. The van der Waals surface area contributed by atoms with Crippen molar-refractivity contribution in [1.29, 1.82) is 0 Å². The zero-order valence-corrected chi connectivity index (χ0v) is 17.6. The quantitative estimate of drug-likeness (QED) is 0.829. The molecule has 28 heavy (non-hydrogen) atoms. The van der Waals surface area contributed by atoms with Gasteiger partial charge in [-0.25, -0.2) is 0 Å². The van der Waals surface area contributed by atoms with Gasteiger partial charge >= 0.3 is 0 Å². The first-order valence-electron chi connectivity index (χ1n) is 10.8. The van der Waals surface area contributed by atoms with Crippen LogP contribution >= 0.6 is 0 Å². The Morgan fingerprint density at radius 3 is 2.46 bits per heavy atom. The summed E-state index contributed by atoms with van der Waals surface area (Å²) in [6.45, 7) is 8.88. The molecule has 2 aromatic rings. The molecule has 5 atom stereocenters. The predicted octanol–water partition coefficient (Wildman–Crippen LogP) is 4.53. The highest BCUT2D eigenvalue weighted by Crippen LogP contribution is 2.54. The molecule has 0 saturated heterocycles. The number of benzene rings is 1. The van der Waals surface area contributed by atoms with E-state index >= 15 is 0 Å². The second-order valence-corrected chi connectivity index (χ2v) is 8.96. The number of carbonyl (C=O) groups excluding carboxylic acids is 1. The van der Waals surface area contributed by atoms with Crippen molar-refractivity contribution in [3.8, 4) is 0 Å². The van der Waals surface area contributed by atoms with E-state index in [0.29, 0.717) is 18.4 Å². The largest absolute Gasteiger partial charge is 0.352 e. The molecular formula is C24H33N3O. The van der Waals surface area contributed by atoms with Crippen molar-refractivity contribution in [2.45, 2.75) is 71.9 Å². The molecule has 2 saturated carbocycles. The fraction of sp³-hybridized carbons (Fsp3) is 0.583. The SMILES string of the molecule is Cc1nn(C[C@H](C)C(=O)N[C@H]2[C@H]3CCCC[C@@H]3[C@@H]2c2ccccc2)c(C)c1C. The lowest BCUT2D eigenvalue weighted by molar-refractivity contribution is -0.128. The number of hydrogen-bond acceptors (Lipinski definition) is 2. The Labute approximate surface area is 168 Å². The van der Waals surface area contributed by atoms with Crippen LogP contribution < -0.4 is 5.32 Å². The van der Waals surface area contributed by atoms with Crippen molar-refractivity contribution >= 4 is 5.91 Å². The highest BCUT2D eigenvalue weighted by Gasteiger charge is 2.51. The third kappa shape index (κ3) is 3.38. The predicted molar refractivity (Wildman–Crippen MR) is 112 cm³/mol. The first-order chi connectivity index (χ1) is 13.5. The van der Waals surface area contributed by atoms with Crippen LogP contribution in [0.4, 0.5) is 0 Å². The molecule has 0 unspecified atom stereocenters. The lowest BCUT2D eigenvalue weighted by Crippen LogP contribution is -2.60. The Kier molecular flexibility index (Phi) is 5.31. The molecule has 4 heteroatoms. The van der Waals surface area contributed by atoms with Crippen molar-refractivity contribution < 1.29 is 4.79 Å². The van der Waals surface area contributed by atoms with Crippen molar-refractivity contribution in [2.75, 3.05) is 0 Å². The summed E-state index contributed by atoms with van der Waals surface area (Å²) >= 11 is 0. The minimum atomic E-state index is -0.0866. The number of rotatable bonds is 5. The Morgan fingerprint density at radius 1 is 1.14 bits per heavy atom. The number of nitrogens with one attached hydrogen (secondary N) is 1. The zero-order valence-electron chi connectivity index (χ0n) is 17.6. The summed E-state index contributed by atoms with van der Waals surface area (Å²) in [4.78, 5) is 13.1. The van der Waals surface area contributed by atoms with Crippen molar-refractivity contribution in [3.05, 3.63) is 52.8 Å². The van der Waals surface area contributed by atoms with Gasteiger partial charge in [-0.15, -0.1) is 0 Å².